The molecule has 0 radical (unpaired) electrons. The van der Waals surface area contributed by atoms with Crippen LogP contribution in [0, 0.1) is 11.3 Å². The van der Waals surface area contributed by atoms with Crippen molar-refractivity contribution >= 4 is 11.4 Å². The number of hydrogen-bond acceptors (Lipinski definition) is 5. The van der Waals surface area contributed by atoms with Gasteiger partial charge in [-0.25, -0.2) is 0 Å². The summed E-state index contributed by atoms with van der Waals surface area (Å²) < 4.78 is 11.7. The number of hydrogen-bond donors (Lipinski definition) is 0. The first-order valence-electron chi connectivity index (χ1n) is 11.9. The molecule has 5 nitrogen and oxygen atoms in total. The number of carbonyl (C=O) groups excluding carboxylic acids is 1. The van der Waals surface area contributed by atoms with Crippen molar-refractivity contribution in [2.75, 3.05) is 26.3 Å². The number of piperidine rings is 1. The van der Waals surface area contributed by atoms with Crippen molar-refractivity contribution in [1.29, 1.82) is 5.26 Å². The van der Waals surface area contributed by atoms with Gasteiger partial charge in [0.15, 0.2) is 5.78 Å². The Balaban J connectivity index is 1.26. The van der Waals surface area contributed by atoms with Gasteiger partial charge < -0.3 is 9.47 Å². The van der Waals surface area contributed by atoms with Crippen LogP contribution < -0.4 is 4.74 Å². The van der Waals surface area contributed by atoms with Gasteiger partial charge in [-0.3, -0.25) is 9.69 Å². The van der Waals surface area contributed by atoms with E-state index in [1.165, 1.54) is 0 Å². The number of Topliss-reactive ketones (excluding diaryl/α,β-unsaturated/α-hetero) is 1. The van der Waals surface area contributed by atoms with Crippen LogP contribution in [0.25, 0.3) is 5.57 Å². The highest BCUT2D eigenvalue weighted by Crippen LogP contribution is 2.50. The molecule has 6 rings (SSSR count). The number of rotatable bonds is 3. The van der Waals surface area contributed by atoms with Gasteiger partial charge in [-0.1, -0.05) is 26.0 Å². The monoisotopic (exact) mass is 440 g/mol. The van der Waals surface area contributed by atoms with E-state index in [4.69, 9.17) is 9.47 Å². The van der Waals surface area contributed by atoms with Crippen LogP contribution in [0.2, 0.25) is 0 Å². The molecule has 0 N–H and O–H groups in total. The maximum absolute atomic E-state index is 13.7. The molecular formula is C28H28N2O3. The molecule has 0 aromatic heterocycles. The molecule has 2 aromatic carbocycles. The minimum atomic E-state index is -0.251. The van der Waals surface area contributed by atoms with Gasteiger partial charge in [0, 0.05) is 29.6 Å². The van der Waals surface area contributed by atoms with E-state index in [0.29, 0.717) is 11.6 Å². The first-order chi connectivity index (χ1) is 16.0. The number of ketones is 1. The van der Waals surface area contributed by atoms with Crippen molar-refractivity contribution in [2.45, 2.75) is 50.7 Å². The lowest BCUT2D eigenvalue weighted by atomic mass is 9.68. The maximum atomic E-state index is 13.7. The zero-order chi connectivity index (χ0) is 22.7. The molecule has 168 valence electrons. The molecule has 2 saturated heterocycles. The third-order valence-electron chi connectivity index (χ3n) is 7.98. The molecular weight excluding hydrogens is 412 g/mol. The van der Waals surface area contributed by atoms with E-state index in [1.54, 1.807) is 0 Å². The number of fused-ring (bicyclic) bond motifs is 3. The van der Waals surface area contributed by atoms with E-state index in [0.717, 1.165) is 84.7 Å². The molecule has 2 aliphatic carbocycles. The average Bonchev–Trinajstić information content (AvgIpc) is 3.18. The molecule has 0 amide bonds. The van der Waals surface area contributed by atoms with Gasteiger partial charge >= 0.3 is 0 Å². The van der Waals surface area contributed by atoms with E-state index < -0.39 is 0 Å². The van der Waals surface area contributed by atoms with Crippen molar-refractivity contribution in [1.82, 2.24) is 4.90 Å². The average molecular weight is 441 g/mol. The van der Waals surface area contributed by atoms with E-state index in [1.807, 2.05) is 30.3 Å². The molecule has 2 aliphatic heterocycles. The summed E-state index contributed by atoms with van der Waals surface area (Å²) in [7, 11) is 0. The third kappa shape index (κ3) is 3.24. The van der Waals surface area contributed by atoms with Crippen LogP contribution in [-0.2, 0) is 16.6 Å². The van der Waals surface area contributed by atoms with Crippen molar-refractivity contribution < 1.29 is 14.3 Å². The summed E-state index contributed by atoms with van der Waals surface area (Å²) in [5.41, 5.74) is 6.23. The van der Waals surface area contributed by atoms with Crippen LogP contribution in [0.3, 0.4) is 0 Å². The number of allylic oxidation sites excluding steroid dienone is 2. The molecule has 4 aliphatic rings. The second kappa shape index (κ2) is 7.55. The van der Waals surface area contributed by atoms with Gasteiger partial charge in [0.25, 0.3) is 0 Å². The Kier molecular flexibility index (Phi) is 4.72. The molecule has 2 heterocycles. The lowest BCUT2D eigenvalue weighted by molar-refractivity contribution is -0.0778. The van der Waals surface area contributed by atoms with Gasteiger partial charge in [-0.2, -0.15) is 5.26 Å². The van der Waals surface area contributed by atoms with Crippen molar-refractivity contribution in [3.63, 3.8) is 0 Å². The van der Waals surface area contributed by atoms with Gasteiger partial charge in [0.05, 0.1) is 30.9 Å². The third-order valence-corrected chi connectivity index (χ3v) is 7.98. The molecule has 2 fully saturated rings. The smallest absolute Gasteiger partial charge is 0.194 e. The van der Waals surface area contributed by atoms with Crippen molar-refractivity contribution in [3.8, 4) is 11.8 Å². The molecule has 0 saturated carbocycles. The predicted molar refractivity (Wildman–Crippen MR) is 125 cm³/mol. The van der Waals surface area contributed by atoms with E-state index in [-0.39, 0.29) is 17.3 Å². The second-order valence-electron chi connectivity index (χ2n) is 10.2. The van der Waals surface area contributed by atoms with Gasteiger partial charge in [-0.05, 0) is 65.8 Å². The van der Waals surface area contributed by atoms with Crippen molar-refractivity contribution in [3.05, 3.63) is 69.8 Å². The Morgan fingerprint density at radius 3 is 2.58 bits per heavy atom. The van der Waals surface area contributed by atoms with Crippen LogP contribution in [-0.4, -0.2) is 49.1 Å². The fourth-order valence-electron chi connectivity index (χ4n) is 5.90. The SMILES string of the molecule is CC1(C)C2=C(C(=O)c3cc(OC4CCN(C5COC5)CC4)ccc31)c1ccc(C#N)cc1C2. The summed E-state index contributed by atoms with van der Waals surface area (Å²) >= 11 is 0. The number of carbonyl (C=O) groups is 1. The zero-order valence-corrected chi connectivity index (χ0v) is 19.2. The van der Waals surface area contributed by atoms with E-state index in [2.05, 4.69) is 30.9 Å². The van der Waals surface area contributed by atoms with E-state index in [9.17, 15) is 10.1 Å². The van der Waals surface area contributed by atoms with E-state index >= 15 is 0 Å². The Morgan fingerprint density at radius 2 is 1.88 bits per heavy atom. The maximum Gasteiger partial charge on any atom is 0.194 e. The summed E-state index contributed by atoms with van der Waals surface area (Å²) in [5, 5.41) is 9.29. The molecule has 2 aromatic rings. The highest BCUT2D eigenvalue weighted by Gasteiger charge is 2.43. The Labute approximate surface area is 194 Å². The van der Waals surface area contributed by atoms with Crippen molar-refractivity contribution in [2.24, 2.45) is 0 Å². The Bertz CT molecular complexity index is 1220. The zero-order valence-electron chi connectivity index (χ0n) is 19.2. The van der Waals surface area contributed by atoms with Crippen LogP contribution in [0.1, 0.15) is 59.3 Å². The minimum absolute atomic E-state index is 0.0769. The largest absolute Gasteiger partial charge is 0.490 e. The summed E-state index contributed by atoms with van der Waals surface area (Å²) in [4.78, 5) is 16.2. The Hall–Kier alpha value is -2.94. The summed E-state index contributed by atoms with van der Waals surface area (Å²) in [6.45, 7) is 8.18. The fraction of sp³-hybridized carbons (Fsp3) is 0.429. The van der Waals surface area contributed by atoms with Crippen LogP contribution in [0.4, 0.5) is 0 Å². The van der Waals surface area contributed by atoms with Gasteiger partial charge in [-0.15, -0.1) is 0 Å². The molecule has 0 spiro atoms. The second-order valence-corrected chi connectivity index (χ2v) is 10.2. The first-order valence-corrected chi connectivity index (χ1v) is 11.9. The topological polar surface area (TPSA) is 62.6 Å². The predicted octanol–water partition coefficient (Wildman–Crippen LogP) is 4.28. The highest BCUT2D eigenvalue weighted by atomic mass is 16.5. The normalized spacial score (nSPS) is 22.3. The number of nitriles is 1. The number of nitrogens with zero attached hydrogens (tertiary/aromatic N) is 2. The number of likely N-dealkylation sites (tertiary alicyclic amines) is 1. The highest BCUT2D eigenvalue weighted by molar-refractivity contribution is 6.33. The lowest BCUT2D eigenvalue weighted by Crippen LogP contribution is -2.52. The van der Waals surface area contributed by atoms with Gasteiger partial charge in [0.2, 0.25) is 0 Å². The summed E-state index contributed by atoms with van der Waals surface area (Å²) in [6, 6.07) is 14.5. The van der Waals surface area contributed by atoms with Crippen LogP contribution >= 0.6 is 0 Å². The van der Waals surface area contributed by atoms with Crippen LogP contribution in [0.15, 0.2) is 42.0 Å². The first kappa shape index (κ1) is 20.7. The summed E-state index contributed by atoms with van der Waals surface area (Å²) in [6.07, 6.45) is 2.90. The fourth-order valence-corrected chi connectivity index (χ4v) is 5.90. The number of ether oxygens (including phenoxy) is 2. The standard InChI is InChI=1S/C28H28N2O3/c1-28(2)24-6-4-21(33-20-7-9-30(10-8-20)19-15-32-16-19)13-23(24)27(31)26-22-5-3-17(14-29)11-18(22)12-25(26)28/h3-6,11,13,19-20H,7-10,12,15-16H2,1-2H3. The molecule has 33 heavy (non-hydrogen) atoms. The molecule has 0 atom stereocenters. The number of benzene rings is 2. The summed E-state index contributed by atoms with van der Waals surface area (Å²) in [5.74, 6) is 0.860. The molecule has 0 unspecified atom stereocenters. The quantitative estimate of drug-likeness (QED) is 0.713. The molecule has 5 heteroatoms. The minimum Gasteiger partial charge on any atom is -0.490 e. The lowest BCUT2D eigenvalue weighted by Gasteiger charge is -2.41. The van der Waals surface area contributed by atoms with Crippen LogP contribution in [0.5, 0.6) is 5.75 Å². The molecule has 0 bridgehead atoms. The Morgan fingerprint density at radius 1 is 1.09 bits per heavy atom. The van der Waals surface area contributed by atoms with Gasteiger partial charge in [0.1, 0.15) is 11.9 Å².